The van der Waals surface area contributed by atoms with Crippen molar-refractivity contribution in [2.75, 3.05) is 33.2 Å². The van der Waals surface area contributed by atoms with E-state index in [1.54, 1.807) is 0 Å². The highest BCUT2D eigenvalue weighted by atomic mass is 16.3. The fourth-order valence-corrected chi connectivity index (χ4v) is 9.89. The first-order valence-electron chi connectivity index (χ1n) is 14.7. The van der Waals surface area contributed by atoms with Gasteiger partial charge in [0.25, 0.3) is 0 Å². The van der Waals surface area contributed by atoms with Crippen molar-refractivity contribution in [1.82, 2.24) is 15.3 Å². The van der Waals surface area contributed by atoms with Crippen LogP contribution in [0.4, 0.5) is 0 Å². The van der Waals surface area contributed by atoms with Gasteiger partial charge in [0.1, 0.15) is 0 Å². The molecule has 1 amide bonds. The molecule has 0 unspecified atom stereocenters. The first-order chi connectivity index (χ1) is 16.6. The Morgan fingerprint density at radius 3 is 2.40 bits per heavy atom. The number of amides is 1. The molecule has 5 aliphatic rings. The summed E-state index contributed by atoms with van der Waals surface area (Å²) in [6, 6.07) is 0. The summed E-state index contributed by atoms with van der Waals surface area (Å²) in [6.07, 6.45) is 9.99. The van der Waals surface area contributed by atoms with Crippen molar-refractivity contribution >= 4 is 5.91 Å². The second-order valence-electron chi connectivity index (χ2n) is 13.8. The Morgan fingerprint density at radius 1 is 0.971 bits per heavy atom. The topological polar surface area (TPSA) is 76.0 Å². The van der Waals surface area contributed by atoms with E-state index in [0.717, 1.165) is 58.3 Å². The van der Waals surface area contributed by atoms with Gasteiger partial charge in [0, 0.05) is 32.6 Å². The zero-order valence-corrected chi connectivity index (χ0v) is 22.7. The van der Waals surface area contributed by atoms with Crippen molar-refractivity contribution in [3.63, 3.8) is 0 Å². The molecule has 0 aromatic carbocycles. The van der Waals surface area contributed by atoms with Crippen LogP contribution in [0.25, 0.3) is 0 Å². The maximum atomic E-state index is 12.7. The standard InChI is InChI=1S/C29H51N3O3/c1-19(5-8-26(35)30-32-15-13-31(4)14-16-32)22-6-7-23-27-24(10-12-29(22,23)3)28(2)11-9-21(33)17-20(28)18-25(27)34/h19-25,27,33-34H,5-18H2,1-4H3,(H,30,35)/t19-,20+,21-,22-,23+,24+,25-,27+,28+,29-/m1/s1. The van der Waals surface area contributed by atoms with E-state index in [1.807, 2.05) is 0 Å². The highest BCUT2D eigenvalue weighted by Gasteiger charge is 2.62. The second kappa shape index (κ2) is 9.89. The van der Waals surface area contributed by atoms with E-state index in [2.05, 4.69) is 43.2 Å². The number of aliphatic hydroxyl groups excluding tert-OH is 2. The van der Waals surface area contributed by atoms with Gasteiger partial charge in [0.2, 0.25) is 5.91 Å². The number of fused-ring (bicyclic) bond motifs is 5. The molecule has 1 heterocycles. The Kier molecular flexibility index (Phi) is 7.33. The highest BCUT2D eigenvalue weighted by molar-refractivity contribution is 5.75. The molecular formula is C29H51N3O3. The van der Waals surface area contributed by atoms with Crippen molar-refractivity contribution in [3.8, 4) is 0 Å². The highest BCUT2D eigenvalue weighted by Crippen LogP contribution is 2.68. The van der Waals surface area contributed by atoms with E-state index in [1.165, 1.54) is 25.7 Å². The monoisotopic (exact) mass is 489 g/mol. The van der Waals surface area contributed by atoms with Crippen LogP contribution in [0.15, 0.2) is 0 Å². The smallest absolute Gasteiger partial charge is 0.234 e. The molecule has 6 heteroatoms. The zero-order chi connectivity index (χ0) is 25.0. The predicted molar refractivity (Wildman–Crippen MR) is 138 cm³/mol. The first kappa shape index (κ1) is 25.9. The van der Waals surface area contributed by atoms with Crippen molar-refractivity contribution in [2.24, 2.45) is 46.3 Å². The van der Waals surface area contributed by atoms with Gasteiger partial charge in [0.15, 0.2) is 0 Å². The lowest BCUT2D eigenvalue weighted by Crippen LogP contribution is -2.58. The molecule has 5 rings (SSSR count). The van der Waals surface area contributed by atoms with Gasteiger partial charge in [-0.05, 0) is 111 Å². The van der Waals surface area contributed by atoms with Crippen LogP contribution >= 0.6 is 0 Å². The number of carbonyl (C=O) groups is 1. The lowest BCUT2D eigenvalue weighted by molar-refractivity contribution is -0.174. The van der Waals surface area contributed by atoms with E-state index in [4.69, 9.17) is 0 Å². The minimum atomic E-state index is -0.212. The third-order valence-electron chi connectivity index (χ3n) is 12.0. The number of nitrogens with zero attached hydrogens (tertiary/aromatic N) is 2. The average molecular weight is 490 g/mol. The van der Waals surface area contributed by atoms with Gasteiger partial charge < -0.3 is 15.1 Å². The van der Waals surface area contributed by atoms with Gasteiger partial charge in [0.05, 0.1) is 12.2 Å². The van der Waals surface area contributed by atoms with Crippen LogP contribution in [-0.4, -0.2) is 71.5 Å². The average Bonchev–Trinajstić information content (AvgIpc) is 3.17. The molecule has 10 atom stereocenters. The molecule has 4 saturated carbocycles. The summed E-state index contributed by atoms with van der Waals surface area (Å²) >= 11 is 0. The number of rotatable bonds is 5. The van der Waals surface area contributed by atoms with Crippen molar-refractivity contribution < 1.29 is 15.0 Å². The normalized spacial score (nSPS) is 47.4. The molecule has 0 aromatic rings. The van der Waals surface area contributed by atoms with Crippen LogP contribution in [0.5, 0.6) is 0 Å². The summed E-state index contributed by atoms with van der Waals surface area (Å²) in [4.78, 5) is 15.0. The van der Waals surface area contributed by atoms with Crippen LogP contribution in [0.1, 0.15) is 85.0 Å². The van der Waals surface area contributed by atoms with E-state index in [9.17, 15) is 15.0 Å². The Labute approximate surface area is 213 Å². The molecule has 0 spiro atoms. The molecular weight excluding hydrogens is 438 g/mol. The van der Waals surface area contributed by atoms with Gasteiger partial charge >= 0.3 is 0 Å². The number of piperazine rings is 1. The lowest BCUT2D eigenvalue weighted by Gasteiger charge is -2.62. The molecule has 35 heavy (non-hydrogen) atoms. The third-order valence-corrected chi connectivity index (χ3v) is 12.0. The third kappa shape index (κ3) is 4.70. The molecule has 6 nitrogen and oxygen atoms in total. The summed E-state index contributed by atoms with van der Waals surface area (Å²) in [5.41, 5.74) is 3.72. The van der Waals surface area contributed by atoms with Gasteiger partial charge in [-0.3, -0.25) is 10.2 Å². The minimum absolute atomic E-state index is 0.171. The zero-order valence-electron chi connectivity index (χ0n) is 22.7. The summed E-state index contributed by atoms with van der Waals surface area (Å²) in [5, 5.41) is 23.8. The predicted octanol–water partition coefficient (Wildman–Crippen LogP) is 3.67. The quantitative estimate of drug-likeness (QED) is 0.549. The Balaban J connectivity index is 1.20. The number of hydrogen-bond donors (Lipinski definition) is 3. The van der Waals surface area contributed by atoms with E-state index < -0.39 is 0 Å². The number of hydrazine groups is 1. The van der Waals surface area contributed by atoms with Gasteiger partial charge in [-0.15, -0.1) is 0 Å². The molecule has 5 fully saturated rings. The molecule has 0 radical (unpaired) electrons. The number of aliphatic hydroxyl groups is 2. The number of nitrogens with one attached hydrogen (secondary N) is 1. The summed E-state index contributed by atoms with van der Waals surface area (Å²) in [7, 11) is 2.13. The maximum absolute atomic E-state index is 12.7. The Hall–Kier alpha value is -0.690. The first-order valence-corrected chi connectivity index (χ1v) is 14.7. The lowest BCUT2D eigenvalue weighted by atomic mass is 9.43. The molecule has 3 N–H and O–H groups in total. The van der Waals surface area contributed by atoms with Crippen LogP contribution in [0.3, 0.4) is 0 Å². The van der Waals surface area contributed by atoms with Crippen LogP contribution in [-0.2, 0) is 4.79 Å². The SMILES string of the molecule is C[C@H](CCC(=O)NN1CCN(C)CC1)[C@H]1CC[C@H]2[C@@H]3[C@H](O)C[C@@H]4C[C@H](O)CC[C@]4(C)[C@H]3CC[C@]12C. The van der Waals surface area contributed by atoms with E-state index in [-0.39, 0.29) is 28.9 Å². The second-order valence-corrected chi connectivity index (χ2v) is 13.8. The fourth-order valence-electron chi connectivity index (χ4n) is 9.89. The summed E-state index contributed by atoms with van der Waals surface area (Å²) in [6.45, 7) is 11.2. The molecule has 4 aliphatic carbocycles. The van der Waals surface area contributed by atoms with Gasteiger partial charge in [-0.1, -0.05) is 20.8 Å². The largest absolute Gasteiger partial charge is 0.393 e. The number of carbonyl (C=O) groups excluding carboxylic acids is 1. The van der Waals surface area contributed by atoms with E-state index >= 15 is 0 Å². The fraction of sp³-hybridized carbons (Fsp3) is 0.966. The van der Waals surface area contributed by atoms with Gasteiger partial charge in [-0.2, -0.15) is 0 Å². The molecule has 0 bridgehead atoms. The Bertz CT molecular complexity index is 770. The number of likely N-dealkylation sites (N-methyl/N-ethyl adjacent to an activating group) is 1. The van der Waals surface area contributed by atoms with Crippen LogP contribution < -0.4 is 5.43 Å². The summed E-state index contributed by atoms with van der Waals surface area (Å²) < 4.78 is 0. The van der Waals surface area contributed by atoms with Crippen molar-refractivity contribution in [3.05, 3.63) is 0 Å². The minimum Gasteiger partial charge on any atom is -0.393 e. The molecule has 1 saturated heterocycles. The van der Waals surface area contributed by atoms with Crippen molar-refractivity contribution in [2.45, 2.75) is 97.2 Å². The number of hydrogen-bond acceptors (Lipinski definition) is 5. The van der Waals surface area contributed by atoms with Crippen molar-refractivity contribution in [1.29, 1.82) is 0 Å². The Morgan fingerprint density at radius 2 is 1.66 bits per heavy atom. The van der Waals surface area contributed by atoms with Crippen LogP contribution in [0, 0.1) is 46.3 Å². The van der Waals surface area contributed by atoms with Gasteiger partial charge in [-0.25, -0.2) is 5.01 Å². The van der Waals surface area contributed by atoms with E-state index in [0.29, 0.717) is 41.9 Å². The molecule has 0 aromatic heterocycles. The molecule has 1 aliphatic heterocycles. The summed E-state index contributed by atoms with van der Waals surface area (Å²) in [5.74, 6) is 3.46. The van der Waals surface area contributed by atoms with Crippen LogP contribution in [0.2, 0.25) is 0 Å². The maximum Gasteiger partial charge on any atom is 0.234 e. The molecule has 200 valence electrons.